The van der Waals surface area contributed by atoms with Gasteiger partial charge in [0.15, 0.2) is 6.71 Å². The predicted molar refractivity (Wildman–Crippen MR) is 74.9 cm³/mol. The van der Waals surface area contributed by atoms with E-state index in [0.29, 0.717) is 12.8 Å². The van der Waals surface area contributed by atoms with Crippen molar-refractivity contribution in [1.82, 2.24) is 4.90 Å². The molecule has 0 aliphatic rings. The highest BCUT2D eigenvalue weighted by Crippen LogP contribution is 2.17. The highest BCUT2D eigenvalue weighted by molar-refractivity contribution is 6.73. The maximum absolute atomic E-state index is 2.30. The van der Waals surface area contributed by atoms with E-state index in [4.69, 9.17) is 0 Å². The van der Waals surface area contributed by atoms with Crippen LogP contribution in [0, 0.1) is 0 Å². The van der Waals surface area contributed by atoms with Crippen LogP contribution in [0.25, 0.3) is 0 Å². The molecule has 0 saturated heterocycles. The van der Waals surface area contributed by atoms with E-state index in [1.807, 2.05) is 0 Å². The number of hydrogen-bond acceptors (Lipinski definition) is 1. The van der Waals surface area contributed by atoms with Crippen molar-refractivity contribution in [1.29, 1.82) is 0 Å². The summed E-state index contributed by atoms with van der Waals surface area (Å²) in [4.78, 5) is 2.28. The molecule has 1 aromatic rings. The molecule has 16 heavy (non-hydrogen) atoms. The average Bonchev–Trinajstić information content (AvgIpc) is 2.30. The lowest BCUT2D eigenvalue weighted by Gasteiger charge is -2.25. The molecule has 2 heteroatoms. The third-order valence-electron chi connectivity index (χ3n) is 3.65. The number of benzene rings is 1. The average molecular weight is 217 g/mol. The van der Waals surface area contributed by atoms with Crippen molar-refractivity contribution in [2.24, 2.45) is 0 Å². The van der Waals surface area contributed by atoms with E-state index in [1.54, 1.807) is 0 Å². The molecule has 0 spiro atoms. The summed E-state index contributed by atoms with van der Waals surface area (Å²) >= 11 is 0. The summed E-state index contributed by atoms with van der Waals surface area (Å²) in [5.74, 6) is 0. The standard InChI is InChI=1S/C14H24BN/c1-6-15(7-2)14-11-9-8-10-13(14)12(3)16(4)5/h8-12H,6-7H2,1-5H3. The number of hydrogen-bond donors (Lipinski definition) is 0. The van der Waals surface area contributed by atoms with Crippen molar-refractivity contribution < 1.29 is 0 Å². The second kappa shape index (κ2) is 6.10. The fourth-order valence-electron chi connectivity index (χ4n) is 2.27. The van der Waals surface area contributed by atoms with E-state index in [1.165, 1.54) is 23.7 Å². The fraction of sp³-hybridized carbons (Fsp3) is 0.571. The third kappa shape index (κ3) is 2.88. The zero-order valence-corrected chi connectivity index (χ0v) is 11.3. The van der Waals surface area contributed by atoms with Gasteiger partial charge in [0.05, 0.1) is 0 Å². The van der Waals surface area contributed by atoms with Crippen molar-refractivity contribution in [3.05, 3.63) is 29.8 Å². The summed E-state index contributed by atoms with van der Waals surface area (Å²) in [6.45, 7) is 7.55. The molecule has 1 aromatic carbocycles. The first-order valence-corrected chi connectivity index (χ1v) is 6.37. The van der Waals surface area contributed by atoms with Crippen LogP contribution < -0.4 is 5.46 Å². The quantitative estimate of drug-likeness (QED) is 0.685. The Labute approximate surface area is 101 Å². The third-order valence-corrected chi connectivity index (χ3v) is 3.65. The second-order valence-corrected chi connectivity index (χ2v) is 4.78. The molecular weight excluding hydrogens is 193 g/mol. The molecule has 0 heterocycles. The van der Waals surface area contributed by atoms with Gasteiger partial charge in [0, 0.05) is 6.04 Å². The minimum atomic E-state index is 0.497. The Morgan fingerprint density at radius 3 is 2.19 bits per heavy atom. The molecule has 0 fully saturated rings. The lowest BCUT2D eigenvalue weighted by molar-refractivity contribution is 0.322. The van der Waals surface area contributed by atoms with E-state index in [9.17, 15) is 0 Å². The van der Waals surface area contributed by atoms with Crippen molar-refractivity contribution in [3.63, 3.8) is 0 Å². The first kappa shape index (κ1) is 13.3. The molecule has 1 atom stereocenters. The highest BCUT2D eigenvalue weighted by atomic mass is 15.1. The van der Waals surface area contributed by atoms with Gasteiger partial charge in [0.2, 0.25) is 0 Å². The van der Waals surface area contributed by atoms with Gasteiger partial charge < -0.3 is 4.90 Å². The van der Waals surface area contributed by atoms with Gasteiger partial charge >= 0.3 is 0 Å². The minimum absolute atomic E-state index is 0.497. The van der Waals surface area contributed by atoms with Crippen molar-refractivity contribution in [3.8, 4) is 0 Å². The molecule has 0 bridgehead atoms. The summed E-state index contributed by atoms with van der Waals surface area (Å²) in [7, 11) is 4.29. The van der Waals surface area contributed by atoms with Crippen LogP contribution in [0.1, 0.15) is 32.4 Å². The normalized spacial score (nSPS) is 12.9. The molecule has 0 N–H and O–H groups in total. The predicted octanol–water partition coefficient (Wildman–Crippen LogP) is 3.05. The van der Waals surface area contributed by atoms with E-state index in [2.05, 4.69) is 64.0 Å². The molecule has 1 unspecified atom stereocenters. The smallest absolute Gasteiger partial charge is 0.175 e. The Morgan fingerprint density at radius 1 is 1.12 bits per heavy atom. The highest BCUT2D eigenvalue weighted by Gasteiger charge is 2.18. The summed E-state index contributed by atoms with van der Waals surface area (Å²) < 4.78 is 0. The summed E-state index contributed by atoms with van der Waals surface area (Å²) in [6, 6.07) is 9.39. The Kier molecular flexibility index (Phi) is 5.07. The number of nitrogens with zero attached hydrogens (tertiary/aromatic N) is 1. The maximum Gasteiger partial charge on any atom is 0.175 e. The molecule has 0 amide bonds. The molecule has 88 valence electrons. The zero-order valence-electron chi connectivity index (χ0n) is 11.3. The zero-order chi connectivity index (χ0) is 12.1. The SMILES string of the molecule is CCB(CC)c1ccccc1C(C)N(C)C. The maximum atomic E-state index is 2.30. The van der Waals surface area contributed by atoms with E-state index in [0.717, 1.165) is 0 Å². The largest absolute Gasteiger partial charge is 0.303 e. The first-order chi connectivity index (χ1) is 7.61. The first-order valence-electron chi connectivity index (χ1n) is 6.37. The Balaban J connectivity index is 3.08. The van der Waals surface area contributed by atoms with Crippen LogP contribution in [0.3, 0.4) is 0 Å². The Morgan fingerprint density at radius 2 is 1.69 bits per heavy atom. The molecule has 0 saturated carbocycles. The minimum Gasteiger partial charge on any atom is -0.303 e. The van der Waals surface area contributed by atoms with Gasteiger partial charge in [-0.1, -0.05) is 56.2 Å². The molecule has 0 aromatic heterocycles. The van der Waals surface area contributed by atoms with Gasteiger partial charge in [0.1, 0.15) is 0 Å². The summed E-state index contributed by atoms with van der Waals surface area (Å²) in [5.41, 5.74) is 3.02. The fourth-order valence-corrected chi connectivity index (χ4v) is 2.27. The molecular formula is C14H24BN. The van der Waals surface area contributed by atoms with Crippen LogP contribution in [-0.4, -0.2) is 25.7 Å². The molecule has 0 radical (unpaired) electrons. The van der Waals surface area contributed by atoms with Gasteiger partial charge in [-0.3, -0.25) is 0 Å². The summed E-state index contributed by atoms with van der Waals surface area (Å²) in [5, 5.41) is 0. The van der Waals surface area contributed by atoms with Crippen LogP contribution in [0.15, 0.2) is 24.3 Å². The molecule has 1 nitrogen and oxygen atoms in total. The Bertz CT molecular complexity index is 297. The lowest BCUT2D eigenvalue weighted by Crippen LogP contribution is -2.34. The van der Waals surface area contributed by atoms with Crippen molar-refractivity contribution >= 4 is 12.2 Å². The van der Waals surface area contributed by atoms with Crippen LogP contribution >= 0.6 is 0 Å². The van der Waals surface area contributed by atoms with E-state index >= 15 is 0 Å². The van der Waals surface area contributed by atoms with Gasteiger partial charge in [-0.05, 0) is 26.6 Å². The van der Waals surface area contributed by atoms with E-state index < -0.39 is 0 Å². The monoisotopic (exact) mass is 217 g/mol. The topological polar surface area (TPSA) is 3.24 Å². The van der Waals surface area contributed by atoms with E-state index in [-0.39, 0.29) is 0 Å². The van der Waals surface area contributed by atoms with Crippen molar-refractivity contribution in [2.75, 3.05) is 14.1 Å². The van der Waals surface area contributed by atoms with Gasteiger partial charge in [-0.15, -0.1) is 0 Å². The number of rotatable bonds is 5. The molecule has 0 aliphatic carbocycles. The van der Waals surface area contributed by atoms with Gasteiger partial charge in [-0.2, -0.15) is 0 Å². The van der Waals surface area contributed by atoms with Crippen LogP contribution in [-0.2, 0) is 0 Å². The second-order valence-electron chi connectivity index (χ2n) is 4.78. The van der Waals surface area contributed by atoms with Gasteiger partial charge in [0.25, 0.3) is 0 Å². The van der Waals surface area contributed by atoms with Crippen molar-refractivity contribution in [2.45, 2.75) is 39.5 Å². The Hall–Kier alpha value is -0.755. The van der Waals surface area contributed by atoms with Gasteiger partial charge in [-0.25, -0.2) is 0 Å². The van der Waals surface area contributed by atoms with Crippen LogP contribution in [0.5, 0.6) is 0 Å². The lowest BCUT2D eigenvalue weighted by atomic mass is 9.40. The molecule has 0 aliphatic heterocycles. The van der Waals surface area contributed by atoms with Crippen LogP contribution in [0.2, 0.25) is 12.6 Å². The molecule has 1 rings (SSSR count). The summed E-state index contributed by atoms with van der Waals surface area (Å²) in [6.07, 6.45) is 2.46. The van der Waals surface area contributed by atoms with Crippen LogP contribution in [0.4, 0.5) is 0 Å².